The van der Waals surface area contributed by atoms with Crippen molar-refractivity contribution in [2.75, 3.05) is 0 Å². The monoisotopic (exact) mass is 609 g/mol. The van der Waals surface area contributed by atoms with Gasteiger partial charge in [0.1, 0.15) is 0 Å². The van der Waals surface area contributed by atoms with E-state index in [2.05, 4.69) is 130 Å². The topological polar surface area (TPSA) is 0 Å². The van der Waals surface area contributed by atoms with Gasteiger partial charge in [-0.05, 0) is 138 Å². The van der Waals surface area contributed by atoms with Crippen LogP contribution in [0.4, 0.5) is 0 Å². The summed E-state index contributed by atoms with van der Waals surface area (Å²) in [6.45, 7) is 25.4. The van der Waals surface area contributed by atoms with Crippen molar-refractivity contribution in [1.29, 1.82) is 0 Å². The molecule has 0 spiro atoms. The third-order valence-electron chi connectivity index (χ3n) is 14.9. The molecule has 0 radical (unpaired) electrons. The van der Waals surface area contributed by atoms with Crippen molar-refractivity contribution in [2.24, 2.45) is 75.4 Å². The minimum atomic E-state index is 0.0606. The fraction of sp³-hybridized carbons (Fsp3) is 0.733. The van der Waals surface area contributed by atoms with Crippen LogP contribution < -0.4 is 0 Å². The van der Waals surface area contributed by atoms with Crippen molar-refractivity contribution in [2.45, 2.75) is 132 Å². The summed E-state index contributed by atoms with van der Waals surface area (Å²) in [5.41, 5.74) is 4.48. The predicted molar refractivity (Wildman–Crippen MR) is 194 cm³/mol. The van der Waals surface area contributed by atoms with Crippen LogP contribution in [0.25, 0.3) is 0 Å². The number of benzene rings is 2. The van der Waals surface area contributed by atoms with Gasteiger partial charge in [-0.25, -0.2) is 0 Å². The summed E-state index contributed by atoms with van der Waals surface area (Å²) < 4.78 is 0. The van der Waals surface area contributed by atoms with E-state index in [1.54, 1.807) is 11.1 Å². The van der Waals surface area contributed by atoms with Crippen molar-refractivity contribution >= 4 is 0 Å². The van der Waals surface area contributed by atoms with Crippen LogP contribution in [0, 0.1) is 75.4 Å². The molecule has 0 heterocycles. The van der Waals surface area contributed by atoms with E-state index >= 15 is 0 Å². The highest BCUT2D eigenvalue weighted by molar-refractivity contribution is 5.44. The number of hydrogen-bond donors (Lipinski definition) is 0. The lowest BCUT2D eigenvalue weighted by atomic mass is 9.49. The first-order chi connectivity index (χ1) is 21.2. The first-order valence-corrected chi connectivity index (χ1v) is 19.3. The van der Waals surface area contributed by atoms with Crippen LogP contribution in [0.2, 0.25) is 0 Å². The molecular formula is C45H68. The summed E-state index contributed by atoms with van der Waals surface area (Å²) in [5.74, 6) is 8.08. The van der Waals surface area contributed by atoms with Crippen LogP contribution in [0.1, 0.15) is 138 Å². The number of rotatable bonds is 5. The Morgan fingerprint density at radius 3 is 1.29 bits per heavy atom. The molecule has 0 aliphatic heterocycles. The van der Waals surface area contributed by atoms with Gasteiger partial charge in [0.2, 0.25) is 0 Å². The second-order valence-electron chi connectivity index (χ2n) is 19.8. The highest BCUT2D eigenvalue weighted by Gasteiger charge is 2.65. The van der Waals surface area contributed by atoms with Gasteiger partial charge in [0.05, 0.1) is 0 Å². The molecule has 2 aromatic carbocycles. The van der Waals surface area contributed by atoms with E-state index in [1.807, 2.05) is 0 Å². The van der Waals surface area contributed by atoms with Gasteiger partial charge >= 0.3 is 0 Å². The average molecular weight is 609 g/mol. The summed E-state index contributed by atoms with van der Waals surface area (Å²) in [4.78, 5) is 0. The van der Waals surface area contributed by atoms with Crippen LogP contribution in [0.5, 0.6) is 0 Å². The highest BCUT2D eigenvalue weighted by atomic mass is 14.7. The Bertz CT molecular complexity index is 1170. The van der Waals surface area contributed by atoms with Crippen LogP contribution >= 0.6 is 0 Å². The molecular weight excluding hydrogens is 540 g/mol. The second-order valence-corrected chi connectivity index (χ2v) is 19.8. The van der Waals surface area contributed by atoms with Crippen molar-refractivity contribution in [3.05, 3.63) is 71.8 Å². The van der Waals surface area contributed by atoms with Gasteiger partial charge in [-0.15, -0.1) is 0 Å². The van der Waals surface area contributed by atoms with Crippen LogP contribution in [0.15, 0.2) is 60.7 Å². The summed E-state index contributed by atoms with van der Waals surface area (Å²) in [6.07, 6.45) is 12.8. The summed E-state index contributed by atoms with van der Waals surface area (Å²) in [6, 6.07) is 24.4. The zero-order valence-corrected chi connectivity index (χ0v) is 30.9. The maximum Gasteiger partial charge on any atom is 0.0267 e. The Labute approximate surface area is 279 Å². The first kappa shape index (κ1) is 33.3. The molecule has 0 aromatic heterocycles. The minimum Gasteiger partial charge on any atom is -0.0651 e. The fourth-order valence-electron chi connectivity index (χ4n) is 12.4. The van der Waals surface area contributed by atoms with Crippen molar-refractivity contribution in [3.63, 3.8) is 0 Å². The molecule has 0 nitrogen and oxygen atoms in total. The van der Waals surface area contributed by atoms with Crippen LogP contribution in [-0.2, 0) is 5.41 Å². The third kappa shape index (κ3) is 5.90. The fourth-order valence-corrected chi connectivity index (χ4v) is 12.4. The molecule has 0 saturated heterocycles. The zero-order valence-electron chi connectivity index (χ0n) is 30.9. The molecule has 0 bridgehead atoms. The Balaban J connectivity index is 1.62. The van der Waals surface area contributed by atoms with Gasteiger partial charge in [0.25, 0.3) is 0 Å². The third-order valence-corrected chi connectivity index (χ3v) is 14.9. The molecule has 4 saturated carbocycles. The molecule has 0 N–H and O–H groups in total. The molecule has 248 valence electrons. The Kier molecular flexibility index (Phi) is 9.01. The van der Waals surface area contributed by atoms with Gasteiger partial charge in [-0.1, -0.05) is 136 Å². The van der Waals surface area contributed by atoms with Gasteiger partial charge in [0, 0.05) is 5.41 Å². The lowest BCUT2D eigenvalue weighted by Gasteiger charge is -2.54. The maximum absolute atomic E-state index is 2.58. The van der Waals surface area contributed by atoms with E-state index < -0.39 is 0 Å². The van der Waals surface area contributed by atoms with E-state index in [4.69, 9.17) is 0 Å². The SMILES string of the molecule is CCC1CC(C(C)(C)C)CC1C(c1ccccc1)(c1ccccc1)C1C2CC(C(C)(C)C)CCC2C2CCC(C(C)(C)C)CC21. The summed E-state index contributed by atoms with van der Waals surface area (Å²) in [7, 11) is 0. The van der Waals surface area contributed by atoms with E-state index in [-0.39, 0.29) is 5.41 Å². The molecule has 6 rings (SSSR count). The van der Waals surface area contributed by atoms with Crippen molar-refractivity contribution in [3.8, 4) is 0 Å². The first-order valence-electron chi connectivity index (χ1n) is 19.3. The molecule has 0 heteroatoms. The van der Waals surface area contributed by atoms with E-state index in [1.165, 1.54) is 57.8 Å². The van der Waals surface area contributed by atoms with E-state index in [0.29, 0.717) is 28.1 Å². The van der Waals surface area contributed by atoms with Gasteiger partial charge in [-0.2, -0.15) is 0 Å². The van der Waals surface area contributed by atoms with Crippen molar-refractivity contribution < 1.29 is 0 Å². The average Bonchev–Trinajstić information content (AvgIpc) is 3.58. The Morgan fingerprint density at radius 1 is 0.489 bits per heavy atom. The standard InChI is InChI=1S/C45H68/c1-11-30-26-35(44(8,9)10)29-40(30)45(31-18-14-12-15-19-31,32-20-16-13-17-21-32)41-38-27-33(42(2,3)4)22-24-36(38)37-25-23-34(28-39(37)41)43(5,6)7/h12-21,30,33-41H,11,22-29H2,1-10H3. The lowest BCUT2D eigenvalue weighted by molar-refractivity contribution is 0.0315. The second kappa shape index (κ2) is 12.2. The molecule has 9 unspecified atom stereocenters. The van der Waals surface area contributed by atoms with E-state index in [9.17, 15) is 0 Å². The molecule has 4 aliphatic carbocycles. The van der Waals surface area contributed by atoms with E-state index in [0.717, 1.165) is 47.3 Å². The Morgan fingerprint density at radius 2 is 0.911 bits per heavy atom. The summed E-state index contributed by atoms with van der Waals surface area (Å²) in [5, 5.41) is 0. The summed E-state index contributed by atoms with van der Waals surface area (Å²) >= 11 is 0. The number of hydrogen-bond acceptors (Lipinski definition) is 0. The normalized spacial score (nSPS) is 36.0. The quantitative estimate of drug-likeness (QED) is 0.317. The number of fused-ring (bicyclic) bond motifs is 3. The smallest absolute Gasteiger partial charge is 0.0267 e. The highest BCUT2D eigenvalue weighted by Crippen LogP contribution is 2.70. The molecule has 4 aliphatic rings. The molecule has 2 aromatic rings. The molecule has 0 amide bonds. The van der Waals surface area contributed by atoms with Gasteiger partial charge in [0.15, 0.2) is 0 Å². The van der Waals surface area contributed by atoms with Crippen LogP contribution in [0.3, 0.4) is 0 Å². The largest absolute Gasteiger partial charge is 0.0651 e. The molecule has 4 fully saturated rings. The van der Waals surface area contributed by atoms with Gasteiger partial charge in [-0.3, -0.25) is 0 Å². The molecule has 45 heavy (non-hydrogen) atoms. The predicted octanol–water partition coefficient (Wildman–Crippen LogP) is 12.9. The minimum absolute atomic E-state index is 0.0606. The van der Waals surface area contributed by atoms with Crippen molar-refractivity contribution in [1.82, 2.24) is 0 Å². The Hall–Kier alpha value is -1.56. The lowest BCUT2D eigenvalue weighted by Crippen LogP contribution is -2.51. The molecule has 9 atom stereocenters. The van der Waals surface area contributed by atoms with Crippen LogP contribution in [-0.4, -0.2) is 0 Å². The maximum atomic E-state index is 2.58. The van der Waals surface area contributed by atoms with Gasteiger partial charge < -0.3 is 0 Å². The zero-order chi connectivity index (χ0) is 32.4.